The van der Waals surface area contributed by atoms with Gasteiger partial charge in [-0.3, -0.25) is 4.79 Å². The molecule has 0 spiro atoms. The maximum atomic E-state index is 11.1. The number of thiazole rings is 1. The monoisotopic (exact) mass is 270 g/mol. The van der Waals surface area contributed by atoms with E-state index in [0.29, 0.717) is 18.9 Å². The molecule has 5 nitrogen and oxygen atoms in total. The number of aryl methyl sites for hydroxylation is 1. The molecule has 1 aliphatic heterocycles. The molecule has 1 saturated heterocycles. The lowest BCUT2D eigenvalue weighted by molar-refractivity contribution is -0.140. The lowest BCUT2D eigenvalue weighted by Gasteiger charge is -2.13. The number of methoxy groups -OCH3 is 2. The Hall–Kier alpha value is -1.14. The molecule has 1 fully saturated rings. The van der Waals surface area contributed by atoms with Gasteiger partial charge in [-0.05, 0) is 12.8 Å². The minimum Gasteiger partial charge on any atom is -0.469 e. The summed E-state index contributed by atoms with van der Waals surface area (Å²) < 4.78 is 9.96. The van der Waals surface area contributed by atoms with E-state index in [4.69, 9.17) is 4.74 Å². The molecule has 6 heteroatoms. The highest BCUT2D eigenvalue weighted by atomic mass is 32.1. The standard InChI is InChI=1S/C12H18N2O3S/c1-16-9-5-6-14(8-9)12-13-7-10(18-12)3-4-11(15)17-2/h7,9H,3-6,8H2,1-2H3/t9-/m0/s1. The van der Waals surface area contributed by atoms with Gasteiger partial charge in [0.1, 0.15) is 0 Å². The second-order valence-electron chi connectivity index (χ2n) is 4.28. The van der Waals surface area contributed by atoms with Gasteiger partial charge in [-0.25, -0.2) is 4.98 Å². The summed E-state index contributed by atoms with van der Waals surface area (Å²) >= 11 is 1.65. The third-order valence-electron chi connectivity index (χ3n) is 3.09. The number of carbonyl (C=O) groups is 1. The van der Waals surface area contributed by atoms with Crippen LogP contribution in [0, 0.1) is 0 Å². The van der Waals surface area contributed by atoms with Crippen molar-refractivity contribution in [2.75, 3.05) is 32.2 Å². The smallest absolute Gasteiger partial charge is 0.305 e. The van der Waals surface area contributed by atoms with E-state index >= 15 is 0 Å². The van der Waals surface area contributed by atoms with E-state index in [-0.39, 0.29) is 5.97 Å². The quantitative estimate of drug-likeness (QED) is 0.758. The van der Waals surface area contributed by atoms with Crippen LogP contribution in [0.3, 0.4) is 0 Å². The van der Waals surface area contributed by atoms with Crippen molar-refractivity contribution in [1.82, 2.24) is 4.98 Å². The summed E-state index contributed by atoms with van der Waals surface area (Å²) in [5, 5.41) is 1.02. The van der Waals surface area contributed by atoms with Crippen molar-refractivity contribution < 1.29 is 14.3 Å². The van der Waals surface area contributed by atoms with E-state index in [1.807, 2.05) is 6.20 Å². The predicted molar refractivity (Wildman–Crippen MR) is 70.1 cm³/mol. The Bertz CT molecular complexity index is 408. The Balaban J connectivity index is 1.88. The number of aromatic nitrogens is 1. The maximum absolute atomic E-state index is 11.1. The fourth-order valence-corrected chi connectivity index (χ4v) is 2.92. The largest absolute Gasteiger partial charge is 0.469 e. The maximum Gasteiger partial charge on any atom is 0.305 e. The number of rotatable bonds is 5. The highest BCUT2D eigenvalue weighted by Crippen LogP contribution is 2.27. The second-order valence-corrected chi connectivity index (χ2v) is 5.37. The molecule has 1 aromatic heterocycles. The van der Waals surface area contributed by atoms with Crippen LogP contribution in [0.15, 0.2) is 6.20 Å². The summed E-state index contributed by atoms with van der Waals surface area (Å²) in [5.41, 5.74) is 0. The fraction of sp³-hybridized carbons (Fsp3) is 0.667. The van der Waals surface area contributed by atoms with Crippen molar-refractivity contribution in [3.05, 3.63) is 11.1 Å². The van der Waals surface area contributed by atoms with Gasteiger partial charge in [0.05, 0.1) is 19.6 Å². The van der Waals surface area contributed by atoms with Crippen LogP contribution in [-0.4, -0.2) is 44.4 Å². The van der Waals surface area contributed by atoms with Crippen molar-refractivity contribution in [2.45, 2.75) is 25.4 Å². The SMILES string of the molecule is COC(=O)CCc1cnc(N2CC[C@H](OC)C2)s1. The Morgan fingerprint density at radius 1 is 1.61 bits per heavy atom. The molecule has 1 atom stereocenters. The summed E-state index contributed by atoms with van der Waals surface area (Å²) in [6.45, 7) is 1.89. The first-order valence-corrected chi connectivity index (χ1v) is 6.84. The Kier molecular flexibility index (Phi) is 4.54. The number of anilines is 1. The van der Waals surface area contributed by atoms with E-state index in [1.54, 1.807) is 18.4 Å². The van der Waals surface area contributed by atoms with Crippen molar-refractivity contribution in [3.8, 4) is 0 Å². The molecule has 0 aliphatic carbocycles. The lowest BCUT2D eigenvalue weighted by Crippen LogP contribution is -2.21. The highest BCUT2D eigenvalue weighted by molar-refractivity contribution is 7.15. The molecule has 2 rings (SSSR count). The van der Waals surface area contributed by atoms with E-state index < -0.39 is 0 Å². The lowest BCUT2D eigenvalue weighted by atomic mass is 10.3. The summed E-state index contributed by atoms with van der Waals surface area (Å²) in [6, 6.07) is 0. The van der Waals surface area contributed by atoms with E-state index in [2.05, 4.69) is 14.6 Å². The van der Waals surface area contributed by atoms with Crippen LogP contribution in [0.2, 0.25) is 0 Å². The van der Waals surface area contributed by atoms with Gasteiger partial charge in [0, 0.05) is 31.3 Å². The number of ether oxygens (including phenoxy) is 2. The van der Waals surface area contributed by atoms with E-state index in [1.165, 1.54) is 7.11 Å². The number of carbonyl (C=O) groups excluding carboxylic acids is 1. The van der Waals surface area contributed by atoms with Crippen LogP contribution in [0.4, 0.5) is 5.13 Å². The normalized spacial score (nSPS) is 19.2. The third kappa shape index (κ3) is 3.20. The number of esters is 1. The molecule has 0 radical (unpaired) electrons. The minimum absolute atomic E-state index is 0.175. The van der Waals surface area contributed by atoms with Crippen LogP contribution < -0.4 is 4.90 Å². The van der Waals surface area contributed by atoms with Crippen LogP contribution in [0.25, 0.3) is 0 Å². The fourth-order valence-electron chi connectivity index (χ4n) is 1.98. The summed E-state index contributed by atoms with van der Waals surface area (Å²) in [6.07, 6.45) is 4.33. The van der Waals surface area contributed by atoms with Gasteiger partial charge in [0.2, 0.25) is 0 Å². The van der Waals surface area contributed by atoms with Gasteiger partial charge in [0.25, 0.3) is 0 Å². The van der Waals surface area contributed by atoms with Crippen molar-refractivity contribution >= 4 is 22.4 Å². The van der Waals surface area contributed by atoms with Crippen molar-refractivity contribution in [3.63, 3.8) is 0 Å². The molecule has 1 aromatic rings. The number of nitrogens with zero attached hydrogens (tertiary/aromatic N) is 2. The Morgan fingerprint density at radius 3 is 3.11 bits per heavy atom. The van der Waals surface area contributed by atoms with Gasteiger partial charge >= 0.3 is 5.97 Å². The molecule has 1 aliphatic rings. The van der Waals surface area contributed by atoms with Gasteiger partial charge in [-0.15, -0.1) is 11.3 Å². The average Bonchev–Trinajstić information content (AvgIpc) is 3.03. The Morgan fingerprint density at radius 2 is 2.44 bits per heavy atom. The van der Waals surface area contributed by atoms with Crippen LogP contribution in [0.5, 0.6) is 0 Å². The molecule has 18 heavy (non-hydrogen) atoms. The average molecular weight is 270 g/mol. The minimum atomic E-state index is -0.175. The molecule has 0 bridgehead atoms. The summed E-state index contributed by atoms with van der Waals surface area (Å²) in [5.74, 6) is -0.175. The first-order valence-electron chi connectivity index (χ1n) is 6.02. The van der Waals surface area contributed by atoms with Crippen LogP contribution in [-0.2, 0) is 20.7 Å². The second kappa shape index (κ2) is 6.15. The van der Waals surface area contributed by atoms with Gasteiger partial charge in [0.15, 0.2) is 5.13 Å². The zero-order chi connectivity index (χ0) is 13.0. The molecule has 0 saturated carbocycles. The van der Waals surface area contributed by atoms with Gasteiger partial charge in [-0.2, -0.15) is 0 Å². The first-order chi connectivity index (χ1) is 8.72. The number of hydrogen-bond acceptors (Lipinski definition) is 6. The highest BCUT2D eigenvalue weighted by Gasteiger charge is 2.24. The molecule has 2 heterocycles. The van der Waals surface area contributed by atoms with Crippen LogP contribution in [0.1, 0.15) is 17.7 Å². The summed E-state index contributed by atoms with van der Waals surface area (Å²) in [7, 11) is 3.16. The molecule has 0 unspecified atom stereocenters. The Labute approximate surface area is 111 Å². The third-order valence-corrected chi connectivity index (χ3v) is 4.21. The molecule has 0 N–H and O–H groups in total. The van der Waals surface area contributed by atoms with E-state index in [0.717, 1.165) is 29.5 Å². The molecular formula is C12H18N2O3S. The predicted octanol–water partition coefficient (Wildman–Crippen LogP) is 1.47. The molecule has 0 aromatic carbocycles. The zero-order valence-corrected chi connectivity index (χ0v) is 11.5. The molecule has 0 amide bonds. The van der Waals surface area contributed by atoms with Crippen molar-refractivity contribution in [2.24, 2.45) is 0 Å². The molecular weight excluding hydrogens is 252 g/mol. The summed E-state index contributed by atoms with van der Waals surface area (Å²) in [4.78, 5) is 18.8. The molecule has 100 valence electrons. The number of hydrogen-bond donors (Lipinski definition) is 0. The van der Waals surface area contributed by atoms with Crippen molar-refractivity contribution in [1.29, 1.82) is 0 Å². The van der Waals surface area contributed by atoms with Gasteiger partial charge < -0.3 is 14.4 Å². The topological polar surface area (TPSA) is 51.7 Å². The zero-order valence-electron chi connectivity index (χ0n) is 10.7. The first kappa shape index (κ1) is 13.3. The van der Waals surface area contributed by atoms with Gasteiger partial charge in [-0.1, -0.05) is 0 Å². The van der Waals surface area contributed by atoms with Crippen LogP contribution >= 0.6 is 11.3 Å². The van der Waals surface area contributed by atoms with E-state index in [9.17, 15) is 4.79 Å².